The molecule has 1 aliphatic rings. The number of anilines is 1. The van der Waals surface area contributed by atoms with E-state index in [0.29, 0.717) is 0 Å². The minimum Gasteiger partial charge on any atom is -0.324 e. The van der Waals surface area contributed by atoms with E-state index >= 15 is 0 Å². The van der Waals surface area contributed by atoms with Crippen molar-refractivity contribution in [3.8, 4) is 0 Å². The molecule has 3 aromatic rings. The second-order valence-electron chi connectivity index (χ2n) is 5.43. The Labute approximate surface area is 153 Å². The molecule has 6 heteroatoms. The second kappa shape index (κ2) is 6.45. The number of nitrogens with zero attached hydrogens (tertiary/aromatic N) is 3. The Balaban J connectivity index is 1.83. The average Bonchev–Trinajstić information content (AvgIpc) is 3.05. The minimum absolute atomic E-state index is 0.0120. The summed E-state index contributed by atoms with van der Waals surface area (Å²) in [4.78, 5) is 4.59. The monoisotopic (exact) mass is 398 g/mol. The van der Waals surface area contributed by atoms with Gasteiger partial charge >= 0.3 is 0 Å². The van der Waals surface area contributed by atoms with Gasteiger partial charge in [0.05, 0.1) is 0 Å². The summed E-state index contributed by atoms with van der Waals surface area (Å²) in [6.45, 7) is 0. The van der Waals surface area contributed by atoms with Crippen molar-refractivity contribution in [1.29, 1.82) is 0 Å². The molecule has 4 rings (SSSR count). The Morgan fingerprint density at radius 1 is 1.08 bits per heavy atom. The van der Waals surface area contributed by atoms with Crippen molar-refractivity contribution in [1.82, 2.24) is 14.8 Å². The van der Waals surface area contributed by atoms with Crippen LogP contribution < -0.4 is 5.32 Å². The molecular weight excluding hydrogens is 384 g/mol. The smallest absolute Gasteiger partial charge is 0.227 e. The molecule has 0 aliphatic carbocycles. The van der Waals surface area contributed by atoms with Crippen molar-refractivity contribution in [3.63, 3.8) is 0 Å². The zero-order chi connectivity index (χ0) is 16.5. The van der Waals surface area contributed by atoms with E-state index in [1.807, 2.05) is 29.1 Å². The van der Waals surface area contributed by atoms with Crippen LogP contribution in [0.15, 0.2) is 70.3 Å². The number of nitrogens with one attached hydrogen (secondary N) is 1. The van der Waals surface area contributed by atoms with E-state index in [2.05, 4.69) is 73.8 Å². The molecule has 24 heavy (non-hydrogen) atoms. The number of fused-ring (bicyclic) bond motifs is 1. The third-order valence-corrected chi connectivity index (χ3v) is 4.99. The second-order valence-corrected chi connectivity index (χ2v) is 7.12. The number of rotatable bonds is 3. The van der Waals surface area contributed by atoms with Gasteiger partial charge in [0.2, 0.25) is 11.1 Å². The molecule has 1 aromatic heterocycles. The van der Waals surface area contributed by atoms with Gasteiger partial charge in [0.25, 0.3) is 0 Å². The quantitative estimate of drug-likeness (QED) is 0.642. The molecule has 0 unspecified atom stereocenters. The summed E-state index contributed by atoms with van der Waals surface area (Å²) in [6.07, 6.45) is 4.19. The normalized spacial score (nSPS) is 16.2. The summed E-state index contributed by atoms with van der Waals surface area (Å²) in [5, 5.41) is 8.80. The van der Waals surface area contributed by atoms with Crippen LogP contribution in [0.1, 0.15) is 17.2 Å². The lowest BCUT2D eigenvalue weighted by Crippen LogP contribution is -2.20. The van der Waals surface area contributed by atoms with Crippen molar-refractivity contribution >= 4 is 39.3 Å². The Morgan fingerprint density at radius 2 is 1.83 bits per heavy atom. The van der Waals surface area contributed by atoms with E-state index in [-0.39, 0.29) is 6.04 Å². The predicted octanol–water partition coefficient (Wildman–Crippen LogP) is 4.82. The lowest BCUT2D eigenvalue weighted by Gasteiger charge is -2.24. The largest absolute Gasteiger partial charge is 0.324 e. The van der Waals surface area contributed by atoms with Gasteiger partial charge in [-0.1, -0.05) is 70.2 Å². The molecule has 120 valence electrons. The summed E-state index contributed by atoms with van der Waals surface area (Å²) < 4.78 is 3.01. The Bertz CT molecular complexity index is 887. The zero-order valence-corrected chi connectivity index (χ0v) is 15.4. The first-order valence-electron chi connectivity index (χ1n) is 7.55. The summed E-state index contributed by atoms with van der Waals surface area (Å²) in [5.74, 6) is 0.772. The minimum atomic E-state index is 0.0120. The molecule has 0 bridgehead atoms. The van der Waals surface area contributed by atoms with Crippen LogP contribution in [-0.4, -0.2) is 21.0 Å². The van der Waals surface area contributed by atoms with E-state index in [4.69, 9.17) is 0 Å². The number of benzene rings is 2. The molecule has 4 nitrogen and oxygen atoms in total. The molecule has 0 saturated carbocycles. The molecule has 0 amide bonds. The van der Waals surface area contributed by atoms with Crippen LogP contribution in [-0.2, 0) is 0 Å². The highest BCUT2D eigenvalue weighted by atomic mass is 79.9. The molecule has 0 saturated heterocycles. The molecule has 1 atom stereocenters. The molecule has 0 radical (unpaired) electrons. The van der Waals surface area contributed by atoms with Gasteiger partial charge in [-0.05, 0) is 35.6 Å². The Hall–Kier alpha value is -2.05. The molecule has 0 fully saturated rings. The van der Waals surface area contributed by atoms with Crippen LogP contribution in [0.5, 0.6) is 0 Å². The van der Waals surface area contributed by atoms with Crippen molar-refractivity contribution in [3.05, 3.63) is 76.3 Å². The van der Waals surface area contributed by atoms with Gasteiger partial charge in [0.1, 0.15) is 6.04 Å². The summed E-state index contributed by atoms with van der Waals surface area (Å²) in [6, 6.07) is 18.6. The Kier molecular flexibility index (Phi) is 4.16. The van der Waals surface area contributed by atoms with Crippen LogP contribution in [0, 0.1) is 0 Å². The van der Waals surface area contributed by atoms with Gasteiger partial charge < -0.3 is 5.32 Å². The van der Waals surface area contributed by atoms with Crippen LogP contribution in [0.3, 0.4) is 0 Å². The van der Waals surface area contributed by atoms with E-state index < -0.39 is 0 Å². The van der Waals surface area contributed by atoms with E-state index in [1.54, 1.807) is 11.8 Å². The maximum Gasteiger partial charge on any atom is 0.227 e. The zero-order valence-electron chi connectivity index (χ0n) is 13.0. The van der Waals surface area contributed by atoms with E-state index in [1.165, 1.54) is 5.56 Å². The Morgan fingerprint density at radius 3 is 2.54 bits per heavy atom. The van der Waals surface area contributed by atoms with Gasteiger partial charge in [-0.25, -0.2) is 4.68 Å². The summed E-state index contributed by atoms with van der Waals surface area (Å²) >= 11 is 5.04. The first kappa shape index (κ1) is 15.5. The lowest BCUT2D eigenvalue weighted by molar-refractivity contribution is 0.598. The molecule has 1 N–H and O–H groups in total. The van der Waals surface area contributed by atoms with Crippen LogP contribution >= 0.6 is 27.7 Å². The fourth-order valence-electron chi connectivity index (χ4n) is 2.74. The molecule has 0 spiro atoms. The summed E-state index contributed by atoms with van der Waals surface area (Å²) in [5.41, 5.74) is 3.36. The van der Waals surface area contributed by atoms with Gasteiger partial charge in [-0.3, -0.25) is 0 Å². The van der Waals surface area contributed by atoms with Crippen molar-refractivity contribution in [2.45, 2.75) is 11.2 Å². The number of halogens is 1. The highest BCUT2D eigenvalue weighted by molar-refractivity contribution is 9.10. The highest BCUT2D eigenvalue weighted by Gasteiger charge is 2.25. The standard InChI is InChI=1S/C18H15BrN4S/c1-24-18-21-17-20-15(12-5-3-2-4-6-12)11-16(23(17)22-18)13-7-9-14(19)10-8-13/h2-11,16H,1H3,(H,20,21,22)/t16-/m0/s1. The van der Waals surface area contributed by atoms with Crippen molar-refractivity contribution in [2.24, 2.45) is 0 Å². The number of hydrogen-bond acceptors (Lipinski definition) is 4. The molecular formula is C18H15BrN4S. The number of hydrogen-bond donors (Lipinski definition) is 1. The van der Waals surface area contributed by atoms with E-state index in [9.17, 15) is 0 Å². The van der Waals surface area contributed by atoms with Gasteiger partial charge in [-0.15, -0.1) is 5.10 Å². The van der Waals surface area contributed by atoms with Crippen LogP contribution in [0.25, 0.3) is 5.70 Å². The predicted molar refractivity (Wildman–Crippen MR) is 102 cm³/mol. The summed E-state index contributed by atoms with van der Waals surface area (Å²) in [7, 11) is 0. The van der Waals surface area contributed by atoms with Crippen molar-refractivity contribution in [2.75, 3.05) is 11.6 Å². The highest BCUT2D eigenvalue weighted by Crippen LogP contribution is 2.33. The molecule has 2 heterocycles. The van der Waals surface area contributed by atoms with Crippen molar-refractivity contribution < 1.29 is 0 Å². The molecule has 2 aromatic carbocycles. The molecule has 1 aliphatic heterocycles. The topological polar surface area (TPSA) is 42.7 Å². The third-order valence-electron chi connectivity index (χ3n) is 3.93. The van der Waals surface area contributed by atoms with E-state index in [0.717, 1.165) is 26.8 Å². The number of thioether (sulfide) groups is 1. The maximum atomic E-state index is 4.63. The first-order valence-corrected chi connectivity index (χ1v) is 9.56. The van der Waals surface area contributed by atoms with Gasteiger partial charge in [-0.2, -0.15) is 4.98 Å². The number of allylic oxidation sites excluding steroid dienone is 1. The van der Waals surface area contributed by atoms with Gasteiger partial charge in [0, 0.05) is 10.2 Å². The average molecular weight is 399 g/mol. The third kappa shape index (κ3) is 2.87. The van der Waals surface area contributed by atoms with Crippen LogP contribution in [0.4, 0.5) is 5.95 Å². The fraction of sp³-hybridized carbons (Fsp3) is 0.111. The van der Waals surface area contributed by atoms with Gasteiger partial charge in [0.15, 0.2) is 0 Å². The fourth-order valence-corrected chi connectivity index (χ4v) is 3.36. The maximum absolute atomic E-state index is 4.63. The first-order chi connectivity index (χ1) is 11.7. The number of aromatic nitrogens is 3. The van der Waals surface area contributed by atoms with Crippen LogP contribution in [0.2, 0.25) is 0 Å². The lowest BCUT2D eigenvalue weighted by atomic mass is 10.0. The SMILES string of the molecule is CSc1nc2n(n1)[C@H](c1ccc(Br)cc1)C=C(c1ccccc1)N2.